The van der Waals surface area contributed by atoms with Crippen molar-refractivity contribution in [2.24, 2.45) is 23.7 Å². The molecule has 0 radical (unpaired) electrons. The Bertz CT molecular complexity index is 287. The maximum atomic E-state index is 12.4. The molecule has 0 atom stereocenters. The average molecular weight is 621 g/mol. The van der Waals surface area contributed by atoms with Gasteiger partial charge < -0.3 is 4.90 Å². The van der Waals surface area contributed by atoms with Crippen molar-refractivity contribution in [1.29, 1.82) is 0 Å². The van der Waals surface area contributed by atoms with Crippen molar-refractivity contribution in [3.63, 3.8) is 0 Å². The average Bonchev–Trinajstić information content (AvgIpc) is 2.49. The molecule has 0 aromatic rings. The number of amides is 1. The van der Waals surface area contributed by atoms with Gasteiger partial charge in [-0.05, 0) is 37.5 Å². The maximum Gasteiger partial charge on any atom is 1.00 e. The van der Waals surface area contributed by atoms with Gasteiger partial charge in [0.2, 0.25) is 0 Å². The summed E-state index contributed by atoms with van der Waals surface area (Å²) in [6.07, 6.45) is 6.74. The maximum absolute atomic E-state index is 12.4. The van der Waals surface area contributed by atoms with Crippen LogP contribution in [0.5, 0.6) is 0 Å². The minimum absolute atomic E-state index is 0. The van der Waals surface area contributed by atoms with Crippen molar-refractivity contribution in [3.05, 3.63) is 13.1 Å². The van der Waals surface area contributed by atoms with E-state index < -0.39 is 0 Å². The van der Waals surface area contributed by atoms with E-state index in [1.54, 1.807) is 0 Å². The van der Waals surface area contributed by atoms with Crippen LogP contribution in [0.2, 0.25) is 0 Å². The predicted molar refractivity (Wildman–Crippen MR) is 85.5 cm³/mol. The molecule has 0 spiro atoms. The van der Waals surface area contributed by atoms with E-state index in [2.05, 4.69) is 33.9 Å². The standard InChI is InChI=1S/C16H27NO.C2H6.4Rb/c1-12(2)14-8-10-17(11-9-14)16(18)15-6-4-13(3)5-7-15;1-2;;;;/h10-15H,4-9H2,1-3H3;1-2H3;;;;/q-2;;4*+1. The molecule has 2 fully saturated rings. The number of rotatable bonds is 2. The summed E-state index contributed by atoms with van der Waals surface area (Å²) in [6, 6.07) is 0. The Morgan fingerprint density at radius 2 is 1.33 bits per heavy atom. The number of piperidine rings is 1. The van der Waals surface area contributed by atoms with Crippen LogP contribution >= 0.6 is 0 Å². The summed E-state index contributed by atoms with van der Waals surface area (Å²) in [4.78, 5) is 14.3. The van der Waals surface area contributed by atoms with Crippen molar-refractivity contribution in [3.8, 4) is 0 Å². The fourth-order valence-electron chi connectivity index (χ4n) is 3.11. The second-order valence-electron chi connectivity index (χ2n) is 6.54. The molecule has 2 rings (SSSR count). The van der Waals surface area contributed by atoms with E-state index in [9.17, 15) is 4.79 Å². The first-order valence-corrected chi connectivity index (χ1v) is 8.56. The second kappa shape index (κ2) is 22.9. The van der Waals surface area contributed by atoms with Crippen LogP contribution in [0.3, 0.4) is 0 Å². The molecule has 24 heavy (non-hydrogen) atoms. The molecular formula is C18H33NORb4+2. The van der Waals surface area contributed by atoms with Crippen molar-refractivity contribution >= 4 is 5.91 Å². The number of carbonyl (C=O) groups excluding carboxylic acids is 1. The van der Waals surface area contributed by atoms with E-state index >= 15 is 0 Å². The molecule has 0 aromatic heterocycles. The van der Waals surface area contributed by atoms with Crippen LogP contribution in [-0.2, 0) is 4.79 Å². The SMILES string of the molecule is CC.CC1CCC(C(=O)N2[CH-]CC(C(C)C)C[CH-]2)CC1.[Rb+].[Rb+].[Rb+].[Rb+]. The van der Waals surface area contributed by atoms with Crippen LogP contribution in [0.1, 0.15) is 73.1 Å². The molecule has 118 valence electrons. The molecule has 1 aliphatic heterocycles. The second-order valence-corrected chi connectivity index (χ2v) is 6.54. The van der Waals surface area contributed by atoms with E-state index in [1.807, 2.05) is 18.7 Å². The monoisotopic (exact) mass is 619 g/mol. The molecule has 1 aliphatic carbocycles. The summed E-state index contributed by atoms with van der Waals surface area (Å²) in [5.74, 6) is 2.88. The summed E-state index contributed by atoms with van der Waals surface area (Å²) < 4.78 is 0. The quantitative estimate of drug-likeness (QED) is 0.281. The van der Waals surface area contributed by atoms with Gasteiger partial charge in [-0.1, -0.05) is 40.5 Å². The zero-order valence-corrected chi connectivity index (χ0v) is 37.7. The van der Waals surface area contributed by atoms with Gasteiger partial charge in [0.05, 0.1) is 0 Å². The van der Waals surface area contributed by atoms with Gasteiger partial charge in [-0.25, -0.2) is 0 Å². The molecule has 1 heterocycles. The van der Waals surface area contributed by atoms with Crippen LogP contribution in [0.4, 0.5) is 0 Å². The van der Waals surface area contributed by atoms with Gasteiger partial charge in [-0.2, -0.15) is 12.8 Å². The third-order valence-electron chi connectivity index (χ3n) is 4.77. The smallest absolute Gasteiger partial charge is 0.636 e. The Balaban J connectivity index is -0.000000321. The van der Waals surface area contributed by atoms with Gasteiger partial charge in [0, 0.05) is 5.92 Å². The van der Waals surface area contributed by atoms with Crippen LogP contribution in [0, 0.1) is 36.8 Å². The molecule has 0 aromatic carbocycles. The summed E-state index contributed by atoms with van der Waals surface area (Å²) in [7, 11) is 0. The summed E-state index contributed by atoms with van der Waals surface area (Å²) in [6.45, 7) is 15.1. The van der Waals surface area contributed by atoms with Crippen molar-refractivity contribution < 1.29 is 238 Å². The Morgan fingerprint density at radius 3 is 1.71 bits per heavy atom. The van der Waals surface area contributed by atoms with Crippen LogP contribution in [0.25, 0.3) is 0 Å². The summed E-state index contributed by atoms with van der Waals surface area (Å²) in [5, 5.41) is 0. The first kappa shape index (κ1) is 38.0. The van der Waals surface area contributed by atoms with Crippen LogP contribution < -0.4 is 233 Å². The number of hydrogen-bond donors (Lipinski definition) is 0. The topological polar surface area (TPSA) is 20.3 Å². The molecule has 1 saturated heterocycles. The Kier molecular flexibility index (Phi) is 36.2. The van der Waals surface area contributed by atoms with Gasteiger partial charge in [0.15, 0.2) is 5.91 Å². The van der Waals surface area contributed by atoms with E-state index in [-0.39, 0.29) is 239 Å². The number of hydrogen-bond acceptors (Lipinski definition) is 1. The minimum atomic E-state index is 0. The molecule has 6 heteroatoms. The fourth-order valence-corrected chi connectivity index (χ4v) is 3.11. The summed E-state index contributed by atoms with van der Waals surface area (Å²) >= 11 is 0. The van der Waals surface area contributed by atoms with Crippen molar-refractivity contribution in [2.75, 3.05) is 0 Å². The Morgan fingerprint density at radius 1 is 0.917 bits per heavy atom. The van der Waals surface area contributed by atoms with Crippen LogP contribution in [-0.4, -0.2) is 10.8 Å². The Hall–Kier alpha value is 6.69. The molecule has 2 nitrogen and oxygen atoms in total. The molecule has 2 aliphatic rings. The van der Waals surface area contributed by atoms with Gasteiger partial charge >= 0.3 is 233 Å². The van der Waals surface area contributed by atoms with Gasteiger partial charge in [-0.15, -0.1) is 0 Å². The van der Waals surface area contributed by atoms with Gasteiger partial charge in [0.25, 0.3) is 0 Å². The summed E-state index contributed by atoms with van der Waals surface area (Å²) in [5.41, 5.74) is 0. The zero-order chi connectivity index (χ0) is 15.1. The molecule has 0 unspecified atom stereocenters. The third-order valence-corrected chi connectivity index (χ3v) is 4.77. The first-order chi connectivity index (χ1) is 9.58. The number of nitrogens with zero attached hydrogens (tertiary/aromatic N) is 1. The molecule has 1 amide bonds. The minimum Gasteiger partial charge on any atom is -0.636 e. The van der Waals surface area contributed by atoms with Gasteiger partial charge in [-0.3, -0.25) is 17.9 Å². The van der Waals surface area contributed by atoms with Crippen molar-refractivity contribution in [1.82, 2.24) is 4.90 Å². The van der Waals surface area contributed by atoms with E-state index in [4.69, 9.17) is 0 Å². The zero-order valence-electron chi connectivity index (χ0n) is 18.1. The van der Waals surface area contributed by atoms with Crippen molar-refractivity contribution in [2.45, 2.75) is 73.1 Å². The molecular weight excluding hydrogens is 588 g/mol. The van der Waals surface area contributed by atoms with Crippen LogP contribution in [0.15, 0.2) is 0 Å². The molecule has 1 saturated carbocycles. The predicted octanol–water partition coefficient (Wildman–Crippen LogP) is -6.93. The number of likely N-dealkylation sites (tertiary alicyclic amines) is 1. The first-order valence-electron chi connectivity index (χ1n) is 8.56. The van der Waals surface area contributed by atoms with Gasteiger partial charge in [0.1, 0.15) is 0 Å². The Labute approximate surface area is 347 Å². The third kappa shape index (κ3) is 14.7. The van der Waals surface area contributed by atoms with E-state index in [1.165, 1.54) is 12.8 Å². The fraction of sp³-hybridized carbons (Fsp3) is 0.833. The number of carbonyl (C=O) groups is 1. The largest absolute Gasteiger partial charge is 1.00 e. The molecule has 0 N–H and O–H groups in total. The van der Waals surface area contributed by atoms with E-state index in [0.29, 0.717) is 11.8 Å². The van der Waals surface area contributed by atoms with E-state index in [0.717, 1.165) is 37.5 Å². The normalized spacial score (nSPS) is 23.3. The molecule has 0 bridgehead atoms.